The van der Waals surface area contributed by atoms with Crippen molar-refractivity contribution in [3.05, 3.63) is 11.1 Å². The summed E-state index contributed by atoms with van der Waals surface area (Å²) in [4.78, 5) is 11.9. The molecule has 0 saturated carbocycles. The van der Waals surface area contributed by atoms with Crippen LogP contribution < -0.4 is 0 Å². The molecule has 0 aliphatic heterocycles. The third kappa shape index (κ3) is 3.20. The van der Waals surface area contributed by atoms with Crippen LogP contribution >= 0.6 is 0 Å². The van der Waals surface area contributed by atoms with Crippen LogP contribution in [-0.4, -0.2) is 5.78 Å². The van der Waals surface area contributed by atoms with Crippen molar-refractivity contribution in [3.63, 3.8) is 0 Å². The van der Waals surface area contributed by atoms with E-state index in [1.165, 1.54) is 44.1 Å². The third-order valence-electron chi connectivity index (χ3n) is 3.74. The van der Waals surface area contributed by atoms with Crippen molar-refractivity contribution in [2.24, 2.45) is 5.92 Å². The van der Waals surface area contributed by atoms with Crippen molar-refractivity contribution in [2.75, 3.05) is 0 Å². The highest BCUT2D eigenvalue weighted by Crippen LogP contribution is 2.37. The molecule has 1 nitrogen and oxygen atoms in total. The topological polar surface area (TPSA) is 17.1 Å². The Morgan fingerprint density at radius 3 is 2.19 bits per heavy atom. The Bertz CT molecular complexity index is 263. The smallest absolute Gasteiger partial charge is 0.165 e. The number of ketones is 1. The number of unbranched alkanes of at least 4 members (excludes halogenated alkanes) is 4. The van der Waals surface area contributed by atoms with Gasteiger partial charge in [0.1, 0.15) is 0 Å². The molecule has 0 aromatic heterocycles. The summed E-state index contributed by atoms with van der Waals surface area (Å²) in [6, 6.07) is 0. The molecule has 1 rings (SSSR count). The van der Waals surface area contributed by atoms with Gasteiger partial charge in [0.15, 0.2) is 5.78 Å². The molecule has 0 aromatic rings. The Morgan fingerprint density at radius 2 is 1.62 bits per heavy atom. The molecule has 0 radical (unpaired) electrons. The van der Waals surface area contributed by atoms with Gasteiger partial charge in [-0.2, -0.15) is 0 Å². The molecule has 0 heterocycles. The second kappa shape index (κ2) is 6.88. The van der Waals surface area contributed by atoms with Crippen molar-refractivity contribution in [1.82, 2.24) is 0 Å². The Balaban J connectivity index is 2.33. The quantitative estimate of drug-likeness (QED) is 0.546. The van der Waals surface area contributed by atoms with Gasteiger partial charge in [0, 0.05) is 5.92 Å². The summed E-state index contributed by atoms with van der Waals surface area (Å²) in [5.74, 6) is 0.757. The van der Waals surface area contributed by atoms with Gasteiger partial charge in [0.25, 0.3) is 0 Å². The van der Waals surface area contributed by atoms with Gasteiger partial charge in [0.2, 0.25) is 0 Å². The lowest BCUT2D eigenvalue weighted by atomic mass is 9.72. The first kappa shape index (κ1) is 13.5. The molecule has 0 aromatic carbocycles. The van der Waals surface area contributed by atoms with Crippen LogP contribution in [0, 0.1) is 5.92 Å². The van der Waals surface area contributed by atoms with Crippen LogP contribution in [0.25, 0.3) is 0 Å². The van der Waals surface area contributed by atoms with E-state index in [9.17, 15) is 4.79 Å². The van der Waals surface area contributed by atoms with E-state index < -0.39 is 0 Å². The predicted molar refractivity (Wildman–Crippen MR) is 69.5 cm³/mol. The molecule has 92 valence electrons. The van der Waals surface area contributed by atoms with Crippen LogP contribution in [0.4, 0.5) is 0 Å². The molecular weight excluding hydrogens is 196 g/mol. The minimum absolute atomic E-state index is 0.295. The Labute approximate surface area is 100 Å². The molecule has 0 amide bonds. The van der Waals surface area contributed by atoms with E-state index >= 15 is 0 Å². The second-order valence-corrected chi connectivity index (χ2v) is 5.03. The van der Waals surface area contributed by atoms with Crippen molar-refractivity contribution in [1.29, 1.82) is 0 Å². The maximum Gasteiger partial charge on any atom is 0.165 e. The van der Waals surface area contributed by atoms with E-state index in [-0.39, 0.29) is 0 Å². The zero-order valence-electron chi connectivity index (χ0n) is 11.1. The van der Waals surface area contributed by atoms with Crippen LogP contribution in [0.15, 0.2) is 11.1 Å². The van der Waals surface area contributed by atoms with E-state index in [4.69, 9.17) is 0 Å². The maximum absolute atomic E-state index is 11.9. The summed E-state index contributed by atoms with van der Waals surface area (Å²) >= 11 is 0. The fourth-order valence-electron chi connectivity index (χ4n) is 2.55. The summed E-state index contributed by atoms with van der Waals surface area (Å²) in [5.41, 5.74) is 2.56. The second-order valence-electron chi connectivity index (χ2n) is 5.03. The number of Topliss-reactive ketones (excluding diaryl/α,β-unsaturated/α-hetero) is 1. The van der Waals surface area contributed by atoms with Gasteiger partial charge in [-0.05, 0) is 31.8 Å². The molecule has 0 saturated heterocycles. The highest BCUT2D eigenvalue weighted by atomic mass is 16.1. The van der Waals surface area contributed by atoms with E-state index in [2.05, 4.69) is 20.8 Å². The van der Waals surface area contributed by atoms with E-state index in [1.54, 1.807) is 0 Å². The standard InChI is InChI=1S/C15H26O/c1-4-6-8-10-13-12(3)14(15(13)16)11-9-7-5-2/h13H,4-11H2,1-3H3. The molecule has 0 bridgehead atoms. The number of rotatable bonds is 8. The summed E-state index contributed by atoms with van der Waals surface area (Å²) in [6.45, 7) is 6.58. The van der Waals surface area contributed by atoms with Gasteiger partial charge >= 0.3 is 0 Å². The Kier molecular flexibility index (Phi) is 5.79. The monoisotopic (exact) mass is 222 g/mol. The minimum Gasteiger partial charge on any atom is -0.294 e. The van der Waals surface area contributed by atoms with Crippen LogP contribution in [-0.2, 0) is 4.79 Å². The zero-order chi connectivity index (χ0) is 12.0. The lowest BCUT2D eigenvalue weighted by Crippen LogP contribution is -2.30. The van der Waals surface area contributed by atoms with Gasteiger partial charge in [-0.15, -0.1) is 0 Å². The average Bonchev–Trinajstić information content (AvgIpc) is 2.30. The SMILES string of the molecule is CCCCCC1=C(C)C(CCCCC)C1=O. The lowest BCUT2D eigenvalue weighted by molar-refractivity contribution is -0.120. The molecule has 1 aliphatic rings. The van der Waals surface area contributed by atoms with Crippen LogP contribution in [0.2, 0.25) is 0 Å². The van der Waals surface area contributed by atoms with Gasteiger partial charge < -0.3 is 0 Å². The van der Waals surface area contributed by atoms with E-state index in [0.717, 1.165) is 18.4 Å². The first-order chi connectivity index (χ1) is 7.72. The minimum atomic E-state index is 0.295. The molecule has 16 heavy (non-hydrogen) atoms. The van der Waals surface area contributed by atoms with E-state index in [1.807, 2.05) is 0 Å². The fraction of sp³-hybridized carbons (Fsp3) is 0.800. The van der Waals surface area contributed by atoms with Gasteiger partial charge in [0.05, 0.1) is 0 Å². The van der Waals surface area contributed by atoms with Crippen LogP contribution in [0.5, 0.6) is 0 Å². The summed E-state index contributed by atoms with van der Waals surface area (Å²) in [7, 11) is 0. The zero-order valence-corrected chi connectivity index (χ0v) is 11.1. The number of allylic oxidation sites excluding steroid dienone is 2. The summed E-state index contributed by atoms with van der Waals surface area (Å²) in [5, 5.41) is 0. The van der Waals surface area contributed by atoms with Crippen molar-refractivity contribution < 1.29 is 4.79 Å². The number of carbonyl (C=O) groups is 1. The number of carbonyl (C=O) groups excluding carboxylic acids is 1. The first-order valence-corrected chi connectivity index (χ1v) is 6.96. The van der Waals surface area contributed by atoms with Crippen LogP contribution in [0.1, 0.15) is 72.1 Å². The van der Waals surface area contributed by atoms with Crippen molar-refractivity contribution in [2.45, 2.75) is 72.1 Å². The van der Waals surface area contributed by atoms with Gasteiger partial charge in [-0.25, -0.2) is 0 Å². The normalized spacial score (nSPS) is 20.2. The number of hydrogen-bond donors (Lipinski definition) is 0. The van der Waals surface area contributed by atoms with Gasteiger partial charge in [-0.1, -0.05) is 51.5 Å². The molecule has 1 heteroatoms. The maximum atomic E-state index is 11.9. The van der Waals surface area contributed by atoms with Gasteiger partial charge in [-0.3, -0.25) is 4.79 Å². The Hall–Kier alpha value is -0.590. The molecule has 1 aliphatic carbocycles. The highest BCUT2D eigenvalue weighted by molar-refractivity contribution is 6.06. The molecule has 0 fully saturated rings. The van der Waals surface area contributed by atoms with Crippen molar-refractivity contribution >= 4 is 5.78 Å². The molecule has 1 atom stereocenters. The molecular formula is C15H26O. The first-order valence-electron chi connectivity index (χ1n) is 6.96. The van der Waals surface area contributed by atoms with E-state index in [0.29, 0.717) is 11.7 Å². The molecule has 0 N–H and O–H groups in total. The molecule has 0 spiro atoms. The number of hydrogen-bond acceptors (Lipinski definition) is 1. The van der Waals surface area contributed by atoms with Crippen LogP contribution in [0.3, 0.4) is 0 Å². The van der Waals surface area contributed by atoms with Crippen molar-refractivity contribution in [3.8, 4) is 0 Å². The third-order valence-corrected chi connectivity index (χ3v) is 3.74. The fourth-order valence-corrected chi connectivity index (χ4v) is 2.55. The Morgan fingerprint density at radius 1 is 1.00 bits per heavy atom. The molecule has 1 unspecified atom stereocenters. The largest absolute Gasteiger partial charge is 0.294 e. The average molecular weight is 222 g/mol. The lowest BCUT2D eigenvalue weighted by Gasteiger charge is -2.30. The highest BCUT2D eigenvalue weighted by Gasteiger charge is 2.34. The summed E-state index contributed by atoms with van der Waals surface area (Å²) in [6.07, 6.45) is 9.53. The summed E-state index contributed by atoms with van der Waals surface area (Å²) < 4.78 is 0. The predicted octanol–water partition coefficient (Wildman–Crippen LogP) is 4.66.